The number of anilines is 2. The number of aromatic nitrogens is 2. The van der Waals surface area contributed by atoms with E-state index in [0.717, 1.165) is 19.4 Å². The van der Waals surface area contributed by atoms with Crippen LogP contribution in [0.1, 0.15) is 26.7 Å². The largest absolute Gasteiger partial charge is 0.367 e. The number of halogens is 1. The predicted molar refractivity (Wildman–Crippen MR) is 64.1 cm³/mol. The van der Waals surface area contributed by atoms with Crippen molar-refractivity contribution in [2.24, 2.45) is 5.92 Å². The monoisotopic (exact) mass is 226 g/mol. The molecule has 0 aliphatic carbocycles. The highest BCUT2D eigenvalue weighted by molar-refractivity contribution is 5.40. The quantitative estimate of drug-likeness (QED) is 0.782. The van der Waals surface area contributed by atoms with Crippen LogP contribution in [0.5, 0.6) is 0 Å². The molecule has 1 aromatic rings. The molecule has 0 radical (unpaired) electrons. The molecule has 16 heavy (non-hydrogen) atoms. The van der Waals surface area contributed by atoms with E-state index in [-0.39, 0.29) is 5.82 Å². The SMILES string of the molecule is CCC(CC)CNc1nc(NC)ncc1F. The Kier molecular flexibility index (Phi) is 4.95. The highest BCUT2D eigenvalue weighted by Gasteiger charge is 2.08. The van der Waals surface area contributed by atoms with Gasteiger partial charge in [0.15, 0.2) is 11.6 Å². The van der Waals surface area contributed by atoms with Gasteiger partial charge in [-0.1, -0.05) is 26.7 Å². The van der Waals surface area contributed by atoms with Crippen molar-refractivity contribution in [3.63, 3.8) is 0 Å². The van der Waals surface area contributed by atoms with Gasteiger partial charge in [-0.3, -0.25) is 0 Å². The van der Waals surface area contributed by atoms with Gasteiger partial charge in [-0.25, -0.2) is 9.37 Å². The Labute approximate surface area is 95.7 Å². The zero-order valence-electron chi connectivity index (χ0n) is 10.0. The van der Waals surface area contributed by atoms with Crippen LogP contribution in [-0.2, 0) is 0 Å². The molecule has 1 rings (SSSR count). The Hall–Kier alpha value is -1.39. The van der Waals surface area contributed by atoms with E-state index < -0.39 is 5.82 Å². The van der Waals surface area contributed by atoms with Crippen LogP contribution in [0.25, 0.3) is 0 Å². The molecule has 0 aliphatic rings. The molecule has 0 bridgehead atoms. The average Bonchev–Trinajstić information content (AvgIpc) is 2.32. The first-order valence-corrected chi connectivity index (χ1v) is 5.65. The maximum Gasteiger partial charge on any atom is 0.224 e. The lowest BCUT2D eigenvalue weighted by atomic mass is 10.0. The van der Waals surface area contributed by atoms with Gasteiger partial charge in [0.05, 0.1) is 6.20 Å². The minimum atomic E-state index is -0.412. The van der Waals surface area contributed by atoms with Crippen LogP contribution < -0.4 is 10.6 Å². The second-order valence-corrected chi connectivity index (χ2v) is 3.70. The molecule has 2 N–H and O–H groups in total. The normalized spacial score (nSPS) is 10.6. The molecule has 0 aromatic carbocycles. The van der Waals surface area contributed by atoms with Crippen molar-refractivity contribution in [1.82, 2.24) is 9.97 Å². The number of nitrogens with one attached hydrogen (secondary N) is 2. The summed E-state index contributed by atoms with van der Waals surface area (Å²) in [7, 11) is 1.71. The molecule has 0 amide bonds. The van der Waals surface area contributed by atoms with Crippen molar-refractivity contribution < 1.29 is 4.39 Å². The van der Waals surface area contributed by atoms with E-state index in [4.69, 9.17) is 0 Å². The van der Waals surface area contributed by atoms with Gasteiger partial charge >= 0.3 is 0 Å². The molecule has 4 nitrogen and oxygen atoms in total. The molecular weight excluding hydrogens is 207 g/mol. The minimum absolute atomic E-state index is 0.270. The van der Waals surface area contributed by atoms with Crippen LogP contribution in [0, 0.1) is 11.7 Å². The van der Waals surface area contributed by atoms with Crippen LogP contribution in [0.2, 0.25) is 0 Å². The summed E-state index contributed by atoms with van der Waals surface area (Å²) in [6.45, 7) is 5.00. The van der Waals surface area contributed by atoms with E-state index in [1.165, 1.54) is 6.20 Å². The molecule has 0 saturated carbocycles. The smallest absolute Gasteiger partial charge is 0.224 e. The number of hydrogen-bond acceptors (Lipinski definition) is 4. The van der Waals surface area contributed by atoms with E-state index in [2.05, 4.69) is 34.4 Å². The zero-order chi connectivity index (χ0) is 12.0. The van der Waals surface area contributed by atoms with Crippen LogP contribution >= 0.6 is 0 Å². The standard InChI is InChI=1S/C11H19FN4/c1-4-8(5-2)6-14-10-9(12)7-15-11(13-3)16-10/h7-8H,4-6H2,1-3H3,(H2,13,14,15,16). The third-order valence-electron chi connectivity index (χ3n) is 2.68. The highest BCUT2D eigenvalue weighted by Crippen LogP contribution is 2.14. The molecule has 1 aromatic heterocycles. The lowest BCUT2D eigenvalue weighted by Crippen LogP contribution is -2.15. The fourth-order valence-electron chi connectivity index (χ4n) is 1.43. The van der Waals surface area contributed by atoms with Gasteiger partial charge in [-0.05, 0) is 5.92 Å². The van der Waals surface area contributed by atoms with Crippen molar-refractivity contribution in [3.8, 4) is 0 Å². The van der Waals surface area contributed by atoms with Crippen LogP contribution in [0.3, 0.4) is 0 Å². The number of nitrogens with zero attached hydrogens (tertiary/aromatic N) is 2. The van der Waals surface area contributed by atoms with Crippen LogP contribution in [0.15, 0.2) is 6.20 Å². The molecule has 0 atom stereocenters. The second kappa shape index (κ2) is 6.25. The Morgan fingerprint density at radius 1 is 1.38 bits per heavy atom. The average molecular weight is 226 g/mol. The van der Waals surface area contributed by atoms with Crippen molar-refractivity contribution >= 4 is 11.8 Å². The Morgan fingerprint density at radius 3 is 2.62 bits per heavy atom. The van der Waals surface area contributed by atoms with Gasteiger partial charge in [-0.2, -0.15) is 4.98 Å². The maximum atomic E-state index is 13.3. The second-order valence-electron chi connectivity index (χ2n) is 3.70. The Balaban J connectivity index is 2.65. The lowest BCUT2D eigenvalue weighted by Gasteiger charge is -2.14. The fourth-order valence-corrected chi connectivity index (χ4v) is 1.43. The van der Waals surface area contributed by atoms with Gasteiger partial charge in [0.25, 0.3) is 0 Å². The van der Waals surface area contributed by atoms with E-state index in [9.17, 15) is 4.39 Å². The molecule has 0 saturated heterocycles. The summed E-state index contributed by atoms with van der Waals surface area (Å²) >= 11 is 0. The predicted octanol–water partition coefficient (Wildman–Crippen LogP) is 2.51. The van der Waals surface area contributed by atoms with Crippen molar-refractivity contribution in [2.75, 3.05) is 24.2 Å². The zero-order valence-corrected chi connectivity index (χ0v) is 10.0. The maximum absolute atomic E-state index is 13.3. The molecule has 90 valence electrons. The highest BCUT2D eigenvalue weighted by atomic mass is 19.1. The molecular formula is C11H19FN4. The van der Waals surface area contributed by atoms with E-state index >= 15 is 0 Å². The Bertz CT molecular complexity index is 326. The Morgan fingerprint density at radius 2 is 2.06 bits per heavy atom. The van der Waals surface area contributed by atoms with Crippen molar-refractivity contribution in [2.45, 2.75) is 26.7 Å². The van der Waals surface area contributed by atoms with Crippen LogP contribution in [0.4, 0.5) is 16.2 Å². The van der Waals surface area contributed by atoms with Gasteiger partial charge < -0.3 is 10.6 Å². The first kappa shape index (κ1) is 12.7. The molecule has 1 heterocycles. The summed E-state index contributed by atoms with van der Waals surface area (Å²) in [5.41, 5.74) is 0. The van der Waals surface area contributed by atoms with Crippen molar-refractivity contribution in [1.29, 1.82) is 0 Å². The van der Waals surface area contributed by atoms with Crippen molar-refractivity contribution in [3.05, 3.63) is 12.0 Å². The van der Waals surface area contributed by atoms with Gasteiger partial charge in [0.1, 0.15) is 0 Å². The summed E-state index contributed by atoms with van der Waals surface area (Å²) < 4.78 is 13.3. The van der Waals surface area contributed by atoms with E-state index in [1.807, 2.05) is 0 Å². The topological polar surface area (TPSA) is 49.8 Å². The number of hydrogen-bond donors (Lipinski definition) is 2. The fraction of sp³-hybridized carbons (Fsp3) is 0.636. The van der Waals surface area contributed by atoms with E-state index in [0.29, 0.717) is 11.9 Å². The van der Waals surface area contributed by atoms with Gasteiger partial charge in [0, 0.05) is 13.6 Å². The summed E-state index contributed by atoms with van der Waals surface area (Å²) in [5.74, 6) is 0.831. The molecule has 5 heteroatoms. The first-order chi connectivity index (χ1) is 7.71. The molecule has 0 fully saturated rings. The third-order valence-corrected chi connectivity index (χ3v) is 2.68. The molecule has 0 aliphatic heterocycles. The van der Waals surface area contributed by atoms with Crippen LogP contribution in [-0.4, -0.2) is 23.6 Å². The lowest BCUT2D eigenvalue weighted by molar-refractivity contribution is 0.515. The minimum Gasteiger partial charge on any atom is -0.367 e. The number of rotatable bonds is 6. The third kappa shape index (κ3) is 3.32. The summed E-state index contributed by atoms with van der Waals surface area (Å²) in [6.07, 6.45) is 3.33. The van der Waals surface area contributed by atoms with E-state index in [1.54, 1.807) is 7.05 Å². The summed E-state index contributed by atoms with van der Waals surface area (Å²) in [5, 5.41) is 5.80. The first-order valence-electron chi connectivity index (χ1n) is 5.65. The molecule has 0 unspecified atom stereocenters. The summed E-state index contributed by atoms with van der Waals surface area (Å²) in [6, 6.07) is 0. The molecule has 0 spiro atoms. The van der Waals surface area contributed by atoms with Gasteiger partial charge in [-0.15, -0.1) is 0 Å². The van der Waals surface area contributed by atoms with Gasteiger partial charge in [0.2, 0.25) is 5.95 Å². The summed E-state index contributed by atoms with van der Waals surface area (Å²) in [4.78, 5) is 7.81.